The lowest BCUT2D eigenvalue weighted by Gasteiger charge is -2.14. The fraction of sp³-hybridized carbons (Fsp3) is 0.158. The number of nitrogens with zero attached hydrogens (tertiary/aromatic N) is 4. The Hall–Kier alpha value is -3.26. The number of aromatic nitrogens is 2. The summed E-state index contributed by atoms with van der Waals surface area (Å²) in [5.41, 5.74) is 1.58. The second kappa shape index (κ2) is 6.81. The molecule has 0 amide bonds. The molecule has 2 aromatic carbocycles. The van der Waals surface area contributed by atoms with Crippen LogP contribution in [0.15, 0.2) is 52.7 Å². The predicted octanol–water partition coefficient (Wildman–Crippen LogP) is 3.58. The standard InChI is InChI=1S/C19H15F2N5O/c1-10-9-15(26-25-10)23-18-16-13(21)3-2-4-14(16)22-19(24-18)17(27)11-5-7-12(20)8-6-11/h2-8,17,27H,9H2,1H3,(H,22,23,24,26). The van der Waals surface area contributed by atoms with E-state index in [1.807, 2.05) is 6.92 Å². The topological polar surface area (TPSA) is 82.8 Å². The number of hydrogen-bond donors (Lipinski definition) is 2. The molecule has 136 valence electrons. The third kappa shape index (κ3) is 3.39. The van der Waals surface area contributed by atoms with Crippen molar-refractivity contribution in [2.24, 2.45) is 10.2 Å². The van der Waals surface area contributed by atoms with Crippen molar-refractivity contribution in [3.8, 4) is 0 Å². The van der Waals surface area contributed by atoms with Gasteiger partial charge < -0.3 is 10.4 Å². The van der Waals surface area contributed by atoms with Crippen molar-refractivity contribution in [1.29, 1.82) is 0 Å². The van der Waals surface area contributed by atoms with E-state index in [1.54, 1.807) is 6.07 Å². The van der Waals surface area contributed by atoms with Crippen molar-refractivity contribution in [2.75, 3.05) is 5.32 Å². The minimum Gasteiger partial charge on any atom is -0.380 e. The highest BCUT2D eigenvalue weighted by Gasteiger charge is 2.20. The first-order valence-corrected chi connectivity index (χ1v) is 8.28. The second-order valence-electron chi connectivity index (χ2n) is 6.20. The van der Waals surface area contributed by atoms with Crippen molar-refractivity contribution in [3.05, 3.63) is 65.5 Å². The molecule has 0 saturated heterocycles. The molecule has 0 radical (unpaired) electrons. The van der Waals surface area contributed by atoms with Gasteiger partial charge in [0, 0.05) is 12.1 Å². The Labute approximate surface area is 153 Å². The van der Waals surface area contributed by atoms with Gasteiger partial charge in [0.05, 0.1) is 10.9 Å². The van der Waals surface area contributed by atoms with Crippen molar-refractivity contribution in [1.82, 2.24) is 9.97 Å². The molecule has 0 spiro atoms. The monoisotopic (exact) mass is 367 g/mol. The molecule has 2 N–H and O–H groups in total. The van der Waals surface area contributed by atoms with E-state index in [2.05, 4.69) is 25.5 Å². The largest absolute Gasteiger partial charge is 0.380 e. The number of fused-ring (bicyclic) bond motifs is 1. The van der Waals surface area contributed by atoms with E-state index >= 15 is 0 Å². The van der Waals surface area contributed by atoms with E-state index in [0.29, 0.717) is 23.3 Å². The zero-order chi connectivity index (χ0) is 19.0. The Morgan fingerprint density at radius 1 is 1.04 bits per heavy atom. The fourth-order valence-electron chi connectivity index (χ4n) is 2.83. The number of rotatable bonds is 3. The minimum atomic E-state index is -1.19. The van der Waals surface area contributed by atoms with Crippen molar-refractivity contribution in [3.63, 3.8) is 0 Å². The molecule has 1 unspecified atom stereocenters. The second-order valence-corrected chi connectivity index (χ2v) is 6.20. The molecule has 3 aromatic rings. The van der Waals surface area contributed by atoms with E-state index < -0.39 is 17.7 Å². The van der Waals surface area contributed by atoms with Gasteiger partial charge in [-0.2, -0.15) is 5.10 Å². The molecule has 4 rings (SSSR count). The first-order chi connectivity index (χ1) is 13.0. The van der Waals surface area contributed by atoms with E-state index in [1.165, 1.54) is 36.4 Å². The number of anilines is 1. The molecule has 27 heavy (non-hydrogen) atoms. The highest BCUT2D eigenvalue weighted by atomic mass is 19.1. The fourth-order valence-corrected chi connectivity index (χ4v) is 2.83. The quantitative estimate of drug-likeness (QED) is 0.741. The molecule has 8 heteroatoms. The molecule has 1 aliphatic rings. The lowest BCUT2D eigenvalue weighted by atomic mass is 10.1. The zero-order valence-electron chi connectivity index (χ0n) is 14.3. The predicted molar refractivity (Wildman–Crippen MR) is 98.7 cm³/mol. The van der Waals surface area contributed by atoms with Crippen LogP contribution >= 0.6 is 0 Å². The Morgan fingerprint density at radius 3 is 2.52 bits per heavy atom. The number of nitrogens with one attached hydrogen (secondary N) is 1. The van der Waals surface area contributed by atoms with Crippen LogP contribution in [0.25, 0.3) is 10.9 Å². The maximum atomic E-state index is 14.4. The highest BCUT2D eigenvalue weighted by molar-refractivity contribution is 6.12. The van der Waals surface area contributed by atoms with Crippen LogP contribution in [0, 0.1) is 11.6 Å². The summed E-state index contributed by atoms with van der Waals surface area (Å²) in [4.78, 5) is 8.59. The maximum absolute atomic E-state index is 14.4. The minimum absolute atomic E-state index is 0.0680. The lowest BCUT2D eigenvalue weighted by molar-refractivity contribution is 0.210. The summed E-state index contributed by atoms with van der Waals surface area (Å²) in [7, 11) is 0. The van der Waals surface area contributed by atoms with Gasteiger partial charge >= 0.3 is 0 Å². The maximum Gasteiger partial charge on any atom is 0.164 e. The molecule has 2 heterocycles. The summed E-state index contributed by atoms with van der Waals surface area (Å²) in [5.74, 6) is -0.118. The molecule has 0 saturated carbocycles. The molecule has 0 fully saturated rings. The average molecular weight is 367 g/mol. The van der Waals surface area contributed by atoms with Gasteiger partial charge in [-0.05, 0) is 36.8 Å². The normalized spacial score (nSPS) is 14.8. The van der Waals surface area contributed by atoms with Crippen LogP contribution in [0.3, 0.4) is 0 Å². The van der Waals surface area contributed by atoms with Crippen molar-refractivity contribution < 1.29 is 13.9 Å². The van der Waals surface area contributed by atoms with Crippen LogP contribution in [0.5, 0.6) is 0 Å². The zero-order valence-corrected chi connectivity index (χ0v) is 14.3. The molecular formula is C19H15F2N5O. The van der Waals surface area contributed by atoms with Gasteiger partial charge in [-0.25, -0.2) is 18.7 Å². The molecule has 1 aliphatic heterocycles. The Bertz CT molecular complexity index is 1080. The smallest absolute Gasteiger partial charge is 0.164 e. The summed E-state index contributed by atoms with van der Waals surface area (Å²) in [5, 5.41) is 21.7. The molecule has 1 atom stereocenters. The van der Waals surface area contributed by atoms with Gasteiger partial charge in [0.1, 0.15) is 29.4 Å². The summed E-state index contributed by atoms with van der Waals surface area (Å²) >= 11 is 0. The molecule has 1 aromatic heterocycles. The Balaban J connectivity index is 1.79. The molecule has 0 aliphatic carbocycles. The van der Waals surface area contributed by atoms with E-state index in [-0.39, 0.29) is 17.0 Å². The summed E-state index contributed by atoms with van der Waals surface area (Å²) in [6.07, 6.45) is -0.696. The number of aliphatic hydroxyl groups excluding tert-OH is 1. The van der Waals surface area contributed by atoms with E-state index in [0.717, 1.165) is 5.71 Å². The van der Waals surface area contributed by atoms with Gasteiger partial charge in [0.15, 0.2) is 5.82 Å². The van der Waals surface area contributed by atoms with Crippen LogP contribution in [0.4, 0.5) is 14.6 Å². The van der Waals surface area contributed by atoms with Crippen LogP contribution in [-0.4, -0.2) is 26.6 Å². The number of hydrogen-bond acceptors (Lipinski definition) is 6. The van der Waals surface area contributed by atoms with Gasteiger partial charge in [-0.15, -0.1) is 5.10 Å². The van der Waals surface area contributed by atoms with Crippen molar-refractivity contribution >= 4 is 28.3 Å². The van der Waals surface area contributed by atoms with Crippen LogP contribution in [0.2, 0.25) is 0 Å². The van der Waals surface area contributed by atoms with Crippen LogP contribution in [0.1, 0.15) is 30.8 Å². The first-order valence-electron chi connectivity index (χ1n) is 8.28. The summed E-state index contributed by atoms with van der Waals surface area (Å²) < 4.78 is 27.5. The highest BCUT2D eigenvalue weighted by Crippen LogP contribution is 2.28. The number of aliphatic hydroxyl groups is 1. The van der Waals surface area contributed by atoms with Gasteiger partial charge in [-0.1, -0.05) is 18.2 Å². The Morgan fingerprint density at radius 2 is 1.81 bits per heavy atom. The van der Waals surface area contributed by atoms with E-state index in [4.69, 9.17) is 0 Å². The SMILES string of the molecule is CC1=NN=C(Nc2nc(C(O)c3ccc(F)cc3)nc3cccc(F)c23)C1. The van der Waals surface area contributed by atoms with Gasteiger partial charge in [-0.3, -0.25) is 0 Å². The summed E-state index contributed by atoms with van der Waals surface area (Å²) in [6.45, 7) is 1.83. The summed E-state index contributed by atoms with van der Waals surface area (Å²) in [6, 6.07) is 9.85. The third-order valence-corrected chi connectivity index (χ3v) is 4.15. The number of halogens is 2. The van der Waals surface area contributed by atoms with Crippen LogP contribution in [-0.2, 0) is 0 Å². The lowest BCUT2D eigenvalue weighted by Crippen LogP contribution is -2.16. The van der Waals surface area contributed by atoms with Gasteiger partial charge in [0.2, 0.25) is 0 Å². The number of amidine groups is 1. The molecule has 6 nitrogen and oxygen atoms in total. The first kappa shape index (κ1) is 17.2. The van der Waals surface area contributed by atoms with Gasteiger partial charge in [0.25, 0.3) is 0 Å². The Kier molecular flexibility index (Phi) is 4.33. The number of benzene rings is 2. The third-order valence-electron chi connectivity index (χ3n) is 4.15. The molecule has 0 bridgehead atoms. The van der Waals surface area contributed by atoms with Crippen LogP contribution < -0.4 is 5.32 Å². The molecular weight excluding hydrogens is 352 g/mol. The van der Waals surface area contributed by atoms with Crippen molar-refractivity contribution in [2.45, 2.75) is 19.4 Å². The average Bonchev–Trinajstić information content (AvgIpc) is 3.06. The van der Waals surface area contributed by atoms with E-state index in [9.17, 15) is 13.9 Å².